The Bertz CT molecular complexity index is 747. The average Bonchev–Trinajstić information content (AvgIpc) is 2.91. The molecule has 0 fully saturated rings. The zero-order valence-corrected chi connectivity index (χ0v) is 16.4. The maximum absolute atomic E-state index is 12.6. The van der Waals surface area contributed by atoms with E-state index in [9.17, 15) is 4.79 Å². The molecule has 136 valence electrons. The Balaban J connectivity index is 2.32. The third-order valence-corrected chi connectivity index (χ3v) is 3.68. The van der Waals surface area contributed by atoms with Gasteiger partial charge in [-0.25, -0.2) is 14.6 Å². The van der Waals surface area contributed by atoms with E-state index in [1.165, 1.54) is 6.20 Å². The van der Waals surface area contributed by atoms with E-state index < -0.39 is 0 Å². The van der Waals surface area contributed by atoms with E-state index in [2.05, 4.69) is 36.1 Å². The van der Waals surface area contributed by atoms with Crippen LogP contribution in [0.2, 0.25) is 0 Å². The summed E-state index contributed by atoms with van der Waals surface area (Å²) in [7, 11) is 3.75. The second kappa shape index (κ2) is 6.46. The molecule has 2 heterocycles. The van der Waals surface area contributed by atoms with Crippen LogP contribution in [0, 0.1) is 0 Å². The highest BCUT2D eigenvalue weighted by molar-refractivity contribution is 6.02. The Morgan fingerprint density at radius 1 is 1.08 bits per heavy atom. The molecular weight excluding hydrogens is 316 g/mol. The topological polar surface area (TPSA) is 75.9 Å². The number of hydrogen-bond acceptors (Lipinski definition) is 5. The van der Waals surface area contributed by atoms with Crippen LogP contribution in [0.3, 0.4) is 0 Å². The van der Waals surface area contributed by atoms with Crippen LogP contribution in [0.5, 0.6) is 0 Å². The molecule has 1 amide bonds. The van der Waals surface area contributed by atoms with E-state index in [1.54, 1.807) is 6.20 Å². The van der Waals surface area contributed by atoms with Gasteiger partial charge in [-0.05, 0) is 20.8 Å². The minimum atomic E-state index is -0.302. The second-order valence-electron chi connectivity index (χ2n) is 8.36. The van der Waals surface area contributed by atoms with Crippen LogP contribution in [0.4, 0.5) is 11.6 Å². The lowest BCUT2D eigenvalue weighted by molar-refractivity contribution is 0.102. The molecule has 0 spiro atoms. The minimum absolute atomic E-state index is 0.108. The predicted octanol–water partition coefficient (Wildman–Crippen LogP) is 3.04. The number of aromatic nitrogens is 4. The maximum atomic E-state index is 12.6. The number of amides is 1. The van der Waals surface area contributed by atoms with E-state index in [4.69, 9.17) is 5.10 Å². The molecule has 2 aromatic rings. The number of rotatable bonds is 3. The van der Waals surface area contributed by atoms with Crippen molar-refractivity contribution in [1.82, 2.24) is 19.7 Å². The number of carbonyl (C=O) groups is 1. The highest BCUT2D eigenvalue weighted by Crippen LogP contribution is 2.28. The number of carbonyl (C=O) groups excluding carboxylic acids is 1. The summed E-state index contributed by atoms with van der Waals surface area (Å²) in [5.74, 6) is 1.05. The van der Waals surface area contributed by atoms with Crippen molar-refractivity contribution >= 4 is 17.5 Å². The van der Waals surface area contributed by atoms with Gasteiger partial charge in [0.1, 0.15) is 17.3 Å². The molecule has 0 radical (unpaired) electrons. The average molecular weight is 344 g/mol. The van der Waals surface area contributed by atoms with Crippen molar-refractivity contribution in [2.75, 3.05) is 24.3 Å². The molecule has 7 heteroatoms. The fourth-order valence-electron chi connectivity index (χ4n) is 2.20. The molecule has 25 heavy (non-hydrogen) atoms. The predicted molar refractivity (Wildman–Crippen MR) is 100 cm³/mol. The number of nitrogens with one attached hydrogen (secondary N) is 1. The van der Waals surface area contributed by atoms with Gasteiger partial charge < -0.3 is 10.2 Å². The zero-order valence-electron chi connectivity index (χ0n) is 16.4. The molecule has 2 aromatic heterocycles. The fourth-order valence-corrected chi connectivity index (χ4v) is 2.20. The summed E-state index contributed by atoms with van der Waals surface area (Å²) < 4.78 is 1.84. The quantitative estimate of drug-likeness (QED) is 0.926. The lowest BCUT2D eigenvalue weighted by atomic mass is 9.92. The summed E-state index contributed by atoms with van der Waals surface area (Å²) >= 11 is 0. The zero-order chi connectivity index (χ0) is 19.0. The molecule has 0 saturated heterocycles. The third kappa shape index (κ3) is 4.35. The van der Waals surface area contributed by atoms with Gasteiger partial charge in [-0.1, -0.05) is 20.8 Å². The molecule has 0 atom stereocenters. The van der Waals surface area contributed by atoms with Crippen molar-refractivity contribution in [2.24, 2.45) is 0 Å². The Morgan fingerprint density at radius 2 is 1.72 bits per heavy atom. The van der Waals surface area contributed by atoms with Gasteiger partial charge in [-0.3, -0.25) is 4.79 Å². The molecule has 7 nitrogen and oxygen atoms in total. The first-order chi connectivity index (χ1) is 11.4. The highest BCUT2D eigenvalue weighted by Gasteiger charge is 2.26. The normalized spacial score (nSPS) is 12.2. The van der Waals surface area contributed by atoms with Crippen molar-refractivity contribution in [1.29, 1.82) is 0 Å². The minimum Gasteiger partial charge on any atom is -0.361 e. The Labute approximate surface area is 149 Å². The van der Waals surface area contributed by atoms with E-state index in [-0.39, 0.29) is 22.6 Å². The Hall–Kier alpha value is -2.44. The molecule has 0 aromatic carbocycles. The van der Waals surface area contributed by atoms with Gasteiger partial charge in [0, 0.05) is 25.6 Å². The first kappa shape index (κ1) is 18.9. The van der Waals surface area contributed by atoms with E-state index in [1.807, 2.05) is 50.5 Å². The smallest absolute Gasteiger partial charge is 0.277 e. The first-order valence-corrected chi connectivity index (χ1v) is 8.31. The largest absolute Gasteiger partial charge is 0.361 e. The van der Waals surface area contributed by atoms with Crippen molar-refractivity contribution in [3.05, 3.63) is 29.8 Å². The first-order valence-electron chi connectivity index (χ1n) is 8.31. The maximum Gasteiger partial charge on any atom is 0.277 e. The molecule has 0 bridgehead atoms. The van der Waals surface area contributed by atoms with E-state index >= 15 is 0 Å². The molecule has 0 aliphatic carbocycles. The summed E-state index contributed by atoms with van der Waals surface area (Å²) in [5.41, 5.74) is 0.826. The third-order valence-electron chi connectivity index (χ3n) is 3.68. The summed E-state index contributed by atoms with van der Waals surface area (Å²) in [4.78, 5) is 22.8. The summed E-state index contributed by atoms with van der Waals surface area (Å²) in [6.45, 7) is 12.4. The Kier molecular flexibility index (Phi) is 4.88. The number of anilines is 2. The van der Waals surface area contributed by atoms with Gasteiger partial charge in [-0.2, -0.15) is 5.10 Å². The van der Waals surface area contributed by atoms with Crippen LogP contribution in [-0.4, -0.2) is 39.8 Å². The van der Waals surface area contributed by atoms with Gasteiger partial charge in [0.15, 0.2) is 0 Å². The van der Waals surface area contributed by atoms with E-state index in [0.29, 0.717) is 11.6 Å². The molecule has 0 aliphatic heterocycles. The molecule has 0 saturated carbocycles. The molecular formula is C18H28N6O. The van der Waals surface area contributed by atoms with Crippen LogP contribution in [0.15, 0.2) is 18.5 Å². The van der Waals surface area contributed by atoms with Crippen LogP contribution in [0.1, 0.15) is 57.7 Å². The molecule has 1 N–H and O–H groups in total. The number of hydrogen-bond donors (Lipinski definition) is 1. The highest BCUT2D eigenvalue weighted by atomic mass is 16.2. The second-order valence-corrected chi connectivity index (χ2v) is 8.36. The SMILES string of the molecule is CN(C)c1cnc(C(=O)Nc2cc(C(C)(C)C)nn2C(C)(C)C)cn1. The summed E-state index contributed by atoms with van der Waals surface area (Å²) in [6, 6.07) is 1.92. The lowest BCUT2D eigenvalue weighted by Crippen LogP contribution is -2.27. The summed E-state index contributed by atoms with van der Waals surface area (Å²) in [6.07, 6.45) is 3.06. The lowest BCUT2D eigenvalue weighted by Gasteiger charge is -2.23. The van der Waals surface area contributed by atoms with Crippen molar-refractivity contribution < 1.29 is 4.79 Å². The monoisotopic (exact) mass is 344 g/mol. The molecule has 0 aliphatic rings. The fraction of sp³-hybridized carbons (Fsp3) is 0.556. The molecule has 0 unspecified atom stereocenters. The van der Waals surface area contributed by atoms with Crippen molar-refractivity contribution in [3.63, 3.8) is 0 Å². The number of nitrogens with zero attached hydrogens (tertiary/aromatic N) is 5. The van der Waals surface area contributed by atoms with Gasteiger partial charge in [0.25, 0.3) is 5.91 Å². The van der Waals surface area contributed by atoms with Crippen LogP contribution < -0.4 is 10.2 Å². The molecule has 2 rings (SSSR count). The van der Waals surface area contributed by atoms with Crippen LogP contribution in [0.25, 0.3) is 0 Å². The van der Waals surface area contributed by atoms with Crippen LogP contribution in [-0.2, 0) is 11.0 Å². The van der Waals surface area contributed by atoms with Gasteiger partial charge in [0.05, 0.1) is 23.6 Å². The van der Waals surface area contributed by atoms with Gasteiger partial charge in [0.2, 0.25) is 0 Å². The van der Waals surface area contributed by atoms with Crippen molar-refractivity contribution in [2.45, 2.75) is 52.5 Å². The van der Waals surface area contributed by atoms with Crippen molar-refractivity contribution in [3.8, 4) is 0 Å². The summed E-state index contributed by atoms with van der Waals surface area (Å²) in [5, 5.41) is 7.62. The van der Waals surface area contributed by atoms with Gasteiger partial charge in [-0.15, -0.1) is 0 Å². The van der Waals surface area contributed by atoms with Crippen LogP contribution >= 0.6 is 0 Å². The van der Waals surface area contributed by atoms with Gasteiger partial charge >= 0.3 is 0 Å². The Morgan fingerprint density at radius 3 is 2.16 bits per heavy atom. The standard InChI is InChI=1S/C18H28N6O/c1-17(2,3)13-9-14(24(22-13)18(4,5)6)21-16(25)12-10-20-15(11-19-12)23(7)8/h9-11H,1-8H3,(H,21,25). The van der Waals surface area contributed by atoms with E-state index in [0.717, 1.165) is 5.69 Å².